The molecule has 1 N–H and O–H groups in total. The Morgan fingerprint density at radius 3 is 2.43 bits per heavy atom. The number of para-hydroxylation sites is 1. The number of benzene rings is 2. The molecule has 0 atom stereocenters. The Bertz CT molecular complexity index is 1280. The third-order valence-corrected chi connectivity index (χ3v) is 5.76. The van der Waals surface area contributed by atoms with Gasteiger partial charge in [-0.1, -0.05) is 30.0 Å². The highest BCUT2D eigenvalue weighted by Crippen LogP contribution is 2.41. The standard InChI is InChI=1S/C24H23N5O5S/c1-31-19-12-16(13-20(32-2)22(19)33-3)23-27-28-24(29(23)17-8-5-4-6-9-17)35-15-21(30)26-25-14-18-10-7-11-34-18/h4-14H,15H2,1-3H3,(H,26,30). The van der Waals surface area contributed by atoms with Crippen LogP contribution in [0.1, 0.15) is 5.76 Å². The number of ether oxygens (including phenoxy) is 3. The van der Waals surface area contributed by atoms with Gasteiger partial charge in [-0.05, 0) is 36.4 Å². The molecule has 2 heterocycles. The Morgan fingerprint density at radius 1 is 1.06 bits per heavy atom. The number of hydrogen-bond donors (Lipinski definition) is 1. The minimum atomic E-state index is -0.297. The van der Waals surface area contributed by atoms with Crippen molar-refractivity contribution in [3.8, 4) is 34.3 Å². The Morgan fingerprint density at radius 2 is 1.80 bits per heavy atom. The summed E-state index contributed by atoms with van der Waals surface area (Å²) in [6, 6.07) is 16.7. The topological polar surface area (TPSA) is 113 Å². The van der Waals surface area contributed by atoms with Crippen molar-refractivity contribution in [3.05, 3.63) is 66.6 Å². The number of nitrogens with one attached hydrogen (secondary N) is 1. The van der Waals surface area contributed by atoms with Gasteiger partial charge < -0.3 is 18.6 Å². The number of aromatic nitrogens is 3. The summed E-state index contributed by atoms with van der Waals surface area (Å²) in [6.07, 6.45) is 2.96. The van der Waals surface area contributed by atoms with Gasteiger partial charge in [0, 0.05) is 11.3 Å². The van der Waals surface area contributed by atoms with Gasteiger partial charge in [-0.25, -0.2) is 5.43 Å². The van der Waals surface area contributed by atoms with Crippen molar-refractivity contribution >= 4 is 23.9 Å². The van der Waals surface area contributed by atoms with Crippen molar-refractivity contribution < 1.29 is 23.4 Å². The normalized spacial score (nSPS) is 10.9. The summed E-state index contributed by atoms with van der Waals surface area (Å²) in [5.41, 5.74) is 4.01. The second-order valence-corrected chi connectivity index (χ2v) is 7.93. The molecule has 0 aliphatic carbocycles. The van der Waals surface area contributed by atoms with Crippen molar-refractivity contribution in [1.82, 2.24) is 20.2 Å². The van der Waals surface area contributed by atoms with E-state index in [-0.39, 0.29) is 11.7 Å². The van der Waals surface area contributed by atoms with E-state index in [2.05, 4.69) is 20.7 Å². The Labute approximate surface area is 205 Å². The van der Waals surface area contributed by atoms with Gasteiger partial charge >= 0.3 is 0 Å². The number of nitrogens with zero attached hydrogens (tertiary/aromatic N) is 4. The highest BCUT2D eigenvalue weighted by Gasteiger charge is 2.21. The molecule has 0 unspecified atom stereocenters. The lowest BCUT2D eigenvalue weighted by molar-refractivity contribution is -0.118. The quantitative estimate of drug-likeness (QED) is 0.202. The summed E-state index contributed by atoms with van der Waals surface area (Å²) < 4.78 is 23.4. The van der Waals surface area contributed by atoms with Gasteiger partial charge in [0.05, 0.1) is 39.6 Å². The van der Waals surface area contributed by atoms with E-state index in [1.807, 2.05) is 34.9 Å². The number of thioether (sulfide) groups is 1. The number of rotatable bonds is 10. The van der Waals surface area contributed by atoms with E-state index in [9.17, 15) is 4.79 Å². The van der Waals surface area contributed by atoms with E-state index in [0.29, 0.717) is 39.6 Å². The summed E-state index contributed by atoms with van der Waals surface area (Å²) in [6.45, 7) is 0. The Hall–Kier alpha value is -4.25. The molecule has 0 saturated heterocycles. The predicted octanol–water partition coefficient (Wildman–Crippen LogP) is 3.80. The molecule has 0 spiro atoms. The number of furan rings is 1. The smallest absolute Gasteiger partial charge is 0.250 e. The molecule has 2 aromatic heterocycles. The van der Waals surface area contributed by atoms with Gasteiger partial charge in [0.15, 0.2) is 22.5 Å². The SMILES string of the molecule is COc1cc(-c2nnc(SCC(=O)NN=Cc3ccco3)n2-c2ccccc2)cc(OC)c1OC. The van der Waals surface area contributed by atoms with Crippen LogP contribution < -0.4 is 19.6 Å². The molecular formula is C24H23N5O5S. The van der Waals surface area contributed by atoms with Crippen molar-refractivity contribution in [2.45, 2.75) is 5.16 Å². The van der Waals surface area contributed by atoms with Crippen LogP contribution in [0.2, 0.25) is 0 Å². The molecule has 0 aliphatic rings. The maximum atomic E-state index is 12.3. The highest BCUT2D eigenvalue weighted by atomic mass is 32.2. The molecule has 0 radical (unpaired) electrons. The lowest BCUT2D eigenvalue weighted by Crippen LogP contribution is -2.19. The van der Waals surface area contributed by atoms with Crippen LogP contribution >= 0.6 is 11.8 Å². The van der Waals surface area contributed by atoms with Crippen molar-refractivity contribution in [2.75, 3.05) is 27.1 Å². The first-order valence-electron chi connectivity index (χ1n) is 10.4. The maximum Gasteiger partial charge on any atom is 0.250 e. The zero-order valence-corrected chi connectivity index (χ0v) is 20.1. The fourth-order valence-corrected chi connectivity index (χ4v) is 4.01. The van der Waals surface area contributed by atoms with E-state index < -0.39 is 0 Å². The average molecular weight is 494 g/mol. The van der Waals surface area contributed by atoms with Crippen LogP contribution in [0.4, 0.5) is 0 Å². The minimum Gasteiger partial charge on any atom is -0.493 e. The third-order valence-electron chi connectivity index (χ3n) is 4.83. The molecule has 10 nitrogen and oxygen atoms in total. The number of carbonyl (C=O) groups excluding carboxylic acids is 1. The van der Waals surface area contributed by atoms with Crippen molar-refractivity contribution in [2.24, 2.45) is 5.10 Å². The molecule has 180 valence electrons. The van der Waals surface area contributed by atoms with Crippen LogP contribution in [-0.2, 0) is 4.79 Å². The number of carbonyl (C=O) groups is 1. The van der Waals surface area contributed by atoms with Crippen LogP contribution in [0.5, 0.6) is 17.2 Å². The molecule has 0 saturated carbocycles. The van der Waals surface area contributed by atoms with Gasteiger partial charge in [0.25, 0.3) is 5.91 Å². The largest absolute Gasteiger partial charge is 0.493 e. The number of methoxy groups -OCH3 is 3. The second kappa shape index (κ2) is 11.3. The highest BCUT2D eigenvalue weighted by molar-refractivity contribution is 7.99. The molecule has 35 heavy (non-hydrogen) atoms. The molecular weight excluding hydrogens is 470 g/mol. The Kier molecular flexibility index (Phi) is 7.68. The number of amides is 1. The fourth-order valence-electron chi connectivity index (χ4n) is 3.27. The van der Waals surface area contributed by atoms with Crippen LogP contribution in [0.3, 0.4) is 0 Å². The van der Waals surface area contributed by atoms with E-state index in [0.717, 1.165) is 5.69 Å². The number of hydrogen-bond acceptors (Lipinski definition) is 9. The van der Waals surface area contributed by atoms with Gasteiger partial charge in [0.1, 0.15) is 5.76 Å². The first-order chi connectivity index (χ1) is 17.1. The maximum absolute atomic E-state index is 12.3. The molecule has 4 aromatic rings. The summed E-state index contributed by atoms with van der Waals surface area (Å²) in [7, 11) is 4.65. The van der Waals surface area contributed by atoms with Crippen molar-refractivity contribution in [3.63, 3.8) is 0 Å². The summed E-state index contributed by atoms with van der Waals surface area (Å²) in [5.74, 6) is 2.34. The molecule has 0 bridgehead atoms. The second-order valence-electron chi connectivity index (χ2n) is 6.99. The van der Waals surface area contributed by atoms with Crippen molar-refractivity contribution in [1.29, 1.82) is 0 Å². The van der Waals surface area contributed by atoms with Crippen LogP contribution in [0.25, 0.3) is 17.1 Å². The minimum absolute atomic E-state index is 0.0791. The molecule has 11 heteroatoms. The Balaban J connectivity index is 1.63. The van der Waals surface area contributed by atoms with E-state index in [1.54, 1.807) is 45.6 Å². The van der Waals surface area contributed by atoms with Gasteiger partial charge in [0.2, 0.25) is 5.75 Å². The first kappa shape index (κ1) is 23.9. The molecule has 0 fully saturated rings. The van der Waals surface area contributed by atoms with E-state index in [1.165, 1.54) is 24.2 Å². The summed E-state index contributed by atoms with van der Waals surface area (Å²) in [4.78, 5) is 12.3. The zero-order valence-electron chi connectivity index (χ0n) is 19.3. The number of hydrazone groups is 1. The van der Waals surface area contributed by atoms with E-state index >= 15 is 0 Å². The predicted molar refractivity (Wildman–Crippen MR) is 132 cm³/mol. The van der Waals surface area contributed by atoms with Gasteiger partial charge in [-0.3, -0.25) is 9.36 Å². The lowest BCUT2D eigenvalue weighted by atomic mass is 10.1. The summed E-state index contributed by atoms with van der Waals surface area (Å²) >= 11 is 1.23. The molecule has 4 rings (SSSR count). The van der Waals surface area contributed by atoms with E-state index in [4.69, 9.17) is 18.6 Å². The fraction of sp³-hybridized carbons (Fsp3) is 0.167. The van der Waals surface area contributed by atoms with Crippen LogP contribution in [-0.4, -0.2) is 54.0 Å². The third kappa shape index (κ3) is 5.46. The van der Waals surface area contributed by atoms with Gasteiger partial charge in [-0.2, -0.15) is 5.10 Å². The van der Waals surface area contributed by atoms with Gasteiger partial charge in [-0.15, -0.1) is 10.2 Å². The van der Waals surface area contributed by atoms with Crippen LogP contribution in [0.15, 0.2) is 75.5 Å². The first-order valence-corrected chi connectivity index (χ1v) is 11.4. The monoisotopic (exact) mass is 493 g/mol. The van der Waals surface area contributed by atoms with Crippen LogP contribution in [0, 0.1) is 0 Å². The summed E-state index contributed by atoms with van der Waals surface area (Å²) in [5, 5.41) is 13.2. The average Bonchev–Trinajstić information content (AvgIpc) is 3.57. The molecule has 2 aromatic carbocycles. The molecule has 1 amide bonds. The molecule has 0 aliphatic heterocycles. The lowest BCUT2D eigenvalue weighted by Gasteiger charge is -2.15. The zero-order chi connectivity index (χ0) is 24.6.